The number of carbonyl (C=O) groups is 2. The summed E-state index contributed by atoms with van der Waals surface area (Å²) in [5.74, 6) is -18.4. The molecule has 1 rings (SSSR count). The van der Waals surface area contributed by atoms with Crippen LogP contribution < -0.4 is 0 Å². The van der Waals surface area contributed by atoms with Gasteiger partial charge in [-0.2, -0.15) is 39.5 Å². The Morgan fingerprint density at radius 2 is 1.36 bits per heavy atom. The Bertz CT molecular complexity index is 535. The average Bonchev–Trinajstić information content (AvgIpc) is 2.62. The van der Waals surface area contributed by atoms with Gasteiger partial charge in [0.2, 0.25) is 0 Å². The molecule has 0 spiro atoms. The molecule has 0 aromatic rings. The van der Waals surface area contributed by atoms with Crippen LogP contribution in [0, 0.1) is 0 Å². The minimum atomic E-state index is -7.17. The van der Waals surface area contributed by atoms with Gasteiger partial charge in [-0.15, -0.1) is 0 Å². The number of alkyl halides is 9. The first-order valence-corrected chi connectivity index (χ1v) is 5.42. The summed E-state index contributed by atoms with van der Waals surface area (Å²) < 4.78 is 114. The van der Waals surface area contributed by atoms with E-state index in [1.807, 2.05) is 0 Å². The lowest BCUT2D eigenvalue weighted by molar-refractivity contribution is -0.410. The van der Waals surface area contributed by atoms with E-state index >= 15 is 0 Å². The molecule has 0 aliphatic carbocycles. The van der Waals surface area contributed by atoms with Crippen LogP contribution in [-0.4, -0.2) is 40.8 Å². The van der Waals surface area contributed by atoms with Crippen LogP contribution in [0.4, 0.5) is 39.5 Å². The van der Waals surface area contributed by atoms with Crippen molar-refractivity contribution in [1.29, 1.82) is 0 Å². The van der Waals surface area contributed by atoms with Crippen molar-refractivity contribution in [3.05, 3.63) is 11.6 Å². The van der Waals surface area contributed by atoms with Crippen molar-refractivity contribution >= 4 is 11.8 Å². The van der Waals surface area contributed by atoms with Gasteiger partial charge in [0.1, 0.15) is 0 Å². The molecule has 0 radical (unpaired) electrons. The van der Waals surface area contributed by atoms with Gasteiger partial charge in [0, 0.05) is 11.6 Å². The van der Waals surface area contributed by atoms with Crippen LogP contribution in [-0.2, 0) is 9.59 Å². The van der Waals surface area contributed by atoms with E-state index < -0.39 is 52.8 Å². The predicted octanol–water partition coefficient (Wildman–Crippen LogP) is 3.12. The zero-order valence-corrected chi connectivity index (χ0v) is 10.4. The molecule has 2 amide bonds. The second kappa shape index (κ2) is 4.88. The number of nitrogens with zero attached hydrogens (tertiary/aromatic N) is 1. The van der Waals surface area contributed by atoms with Crippen LogP contribution >= 0.6 is 0 Å². The second-order valence-corrected chi connectivity index (χ2v) is 4.19. The maximum Gasteiger partial charge on any atom is 0.460 e. The van der Waals surface area contributed by atoms with Gasteiger partial charge >= 0.3 is 24.1 Å². The van der Waals surface area contributed by atoms with E-state index in [1.54, 1.807) is 0 Å². The predicted molar refractivity (Wildman–Crippen MR) is 51.1 cm³/mol. The Hall–Kier alpha value is -1.75. The quantitative estimate of drug-likeness (QED) is 0.447. The highest BCUT2D eigenvalue weighted by Gasteiger charge is 2.84. The van der Waals surface area contributed by atoms with Gasteiger partial charge in [-0.3, -0.25) is 9.59 Å². The monoisotopic (exact) mass is 343 g/mol. The van der Waals surface area contributed by atoms with Gasteiger partial charge in [0.15, 0.2) is 0 Å². The fourth-order valence-corrected chi connectivity index (χ4v) is 1.55. The lowest BCUT2D eigenvalue weighted by Gasteiger charge is -2.36. The summed E-state index contributed by atoms with van der Waals surface area (Å²) >= 11 is 0. The second-order valence-electron chi connectivity index (χ2n) is 4.19. The van der Waals surface area contributed by atoms with Crippen molar-refractivity contribution in [1.82, 2.24) is 4.90 Å². The van der Waals surface area contributed by atoms with E-state index in [2.05, 4.69) is 0 Å². The minimum Gasteiger partial charge on any atom is -0.269 e. The Morgan fingerprint density at radius 1 is 0.909 bits per heavy atom. The lowest BCUT2D eigenvalue weighted by Crippen LogP contribution is -2.67. The van der Waals surface area contributed by atoms with Crippen LogP contribution in [0.5, 0.6) is 0 Å². The molecule has 0 saturated carbocycles. The summed E-state index contributed by atoms with van der Waals surface area (Å²) in [5.41, 5.74) is -0.726. The van der Waals surface area contributed by atoms with E-state index in [0.717, 1.165) is 6.92 Å². The van der Waals surface area contributed by atoms with Crippen LogP contribution in [0.2, 0.25) is 0 Å². The molecule has 126 valence electrons. The van der Waals surface area contributed by atoms with E-state index in [0.29, 0.717) is 0 Å². The molecular weight excluding hydrogens is 337 g/mol. The fraction of sp³-hybridized carbons (Fsp3) is 0.600. The normalized spacial score (nSPS) is 18.1. The van der Waals surface area contributed by atoms with Crippen molar-refractivity contribution in [2.45, 2.75) is 37.4 Å². The van der Waals surface area contributed by atoms with Gasteiger partial charge in [0.05, 0.1) is 0 Å². The maximum absolute atomic E-state index is 13.5. The highest BCUT2D eigenvalue weighted by Crippen LogP contribution is 2.54. The molecule has 12 heteroatoms. The highest BCUT2D eigenvalue weighted by atomic mass is 19.4. The van der Waals surface area contributed by atoms with Crippen molar-refractivity contribution in [2.75, 3.05) is 0 Å². The van der Waals surface area contributed by atoms with Gasteiger partial charge < -0.3 is 0 Å². The average molecular weight is 343 g/mol. The summed E-state index contributed by atoms with van der Waals surface area (Å²) in [6.45, 7) is 1.15. The lowest BCUT2D eigenvalue weighted by atomic mass is 10.1. The van der Waals surface area contributed by atoms with Crippen molar-refractivity contribution < 1.29 is 49.1 Å². The minimum absolute atomic E-state index is 0.165. The smallest absolute Gasteiger partial charge is 0.269 e. The van der Waals surface area contributed by atoms with Gasteiger partial charge in [-0.25, -0.2) is 4.90 Å². The molecule has 0 saturated heterocycles. The molecule has 3 nitrogen and oxygen atoms in total. The van der Waals surface area contributed by atoms with E-state index in [-0.39, 0.29) is 6.08 Å². The maximum atomic E-state index is 13.5. The Labute approximate surface area is 116 Å². The number of amides is 2. The van der Waals surface area contributed by atoms with Gasteiger partial charge in [-0.05, 0) is 6.42 Å². The fourth-order valence-electron chi connectivity index (χ4n) is 1.55. The first-order chi connectivity index (χ1) is 9.63. The number of imide groups is 1. The van der Waals surface area contributed by atoms with Crippen molar-refractivity contribution in [2.24, 2.45) is 0 Å². The van der Waals surface area contributed by atoms with Gasteiger partial charge in [-0.1, -0.05) is 6.92 Å². The zero-order chi connectivity index (χ0) is 17.7. The summed E-state index contributed by atoms with van der Waals surface area (Å²) in [5, 5.41) is 0. The first-order valence-electron chi connectivity index (χ1n) is 5.42. The molecule has 0 aromatic carbocycles. The Kier molecular flexibility index (Phi) is 4.06. The topological polar surface area (TPSA) is 37.4 Å². The molecule has 22 heavy (non-hydrogen) atoms. The van der Waals surface area contributed by atoms with Crippen LogP contribution in [0.3, 0.4) is 0 Å². The standard InChI is InChI=1S/C10H6F9NO2/c1-2-4-3-5(21)20(6(4)22)10(18,19)8(13,14)7(11,12)9(15,16)17/h3H,2H2,1H3. The van der Waals surface area contributed by atoms with Crippen LogP contribution in [0.15, 0.2) is 11.6 Å². The van der Waals surface area contributed by atoms with Gasteiger partial charge in [0.25, 0.3) is 11.8 Å². The van der Waals surface area contributed by atoms with Crippen molar-refractivity contribution in [3.63, 3.8) is 0 Å². The third-order valence-corrected chi connectivity index (χ3v) is 2.79. The first kappa shape index (κ1) is 18.3. The summed E-state index contributed by atoms with van der Waals surface area (Å²) in [7, 11) is 0. The molecule has 0 N–H and O–H groups in total. The molecule has 1 aliphatic rings. The summed E-state index contributed by atoms with van der Waals surface area (Å²) in [6, 6.07) is -6.38. The van der Waals surface area contributed by atoms with Crippen molar-refractivity contribution in [3.8, 4) is 0 Å². The molecule has 0 atom stereocenters. The molecule has 0 unspecified atom stereocenters. The van der Waals surface area contributed by atoms with Crippen LogP contribution in [0.1, 0.15) is 13.3 Å². The summed E-state index contributed by atoms with van der Waals surface area (Å²) in [6.07, 6.45) is -7.25. The number of rotatable bonds is 4. The molecule has 0 fully saturated rings. The molecule has 0 aromatic heterocycles. The van der Waals surface area contributed by atoms with Crippen LogP contribution in [0.25, 0.3) is 0 Å². The third kappa shape index (κ3) is 2.24. The Morgan fingerprint density at radius 3 is 1.68 bits per heavy atom. The number of halogens is 9. The van der Waals surface area contributed by atoms with E-state index in [9.17, 15) is 49.1 Å². The SMILES string of the molecule is CCC1=CC(=O)N(C(F)(F)C(F)(F)C(F)(F)C(F)(F)F)C1=O. The highest BCUT2D eigenvalue weighted by molar-refractivity contribution is 6.16. The zero-order valence-electron chi connectivity index (χ0n) is 10.4. The number of hydrogen-bond acceptors (Lipinski definition) is 2. The molecular formula is C10H6F9NO2. The number of hydrogen-bond donors (Lipinski definition) is 0. The largest absolute Gasteiger partial charge is 0.460 e. The Balaban J connectivity index is 3.36. The molecule has 1 aliphatic heterocycles. The van der Waals surface area contributed by atoms with E-state index in [4.69, 9.17) is 0 Å². The number of carbonyl (C=O) groups excluding carboxylic acids is 2. The molecule has 1 heterocycles. The van der Waals surface area contributed by atoms with E-state index in [1.165, 1.54) is 0 Å². The third-order valence-electron chi connectivity index (χ3n) is 2.79. The summed E-state index contributed by atoms with van der Waals surface area (Å²) in [4.78, 5) is 20.8. The molecule has 0 bridgehead atoms.